The summed E-state index contributed by atoms with van der Waals surface area (Å²) in [6, 6.07) is 139. The fourth-order valence-corrected chi connectivity index (χ4v) is 12.7. The highest BCUT2D eigenvalue weighted by Gasteiger charge is 2.17. The maximum atomic E-state index is 5.07. The van der Waals surface area contributed by atoms with Gasteiger partial charge in [-0.3, -0.25) is 0 Å². The molecule has 15 aromatic carbocycles. The quantitative estimate of drug-likeness (QED) is 0.102. The fraction of sp³-hybridized carbons (Fsp3) is 0. The molecule has 0 saturated heterocycles. The number of benzene rings is 15. The molecule has 0 amide bonds. The minimum Gasteiger partial charge on any atom is -0.208 e. The minimum absolute atomic E-state index is 0.627. The van der Waals surface area contributed by atoms with E-state index >= 15 is 0 Å². The number of rotatable bonds is 15. The Bertz CT molecular complexity index is 5010. The monoisotopic (exact) mass is 1300 g/mol. The van der Waals surface area contributed by atoms with Gasteiger partial charge in [-0.05, 0) is 100 Å². The number of hydrogen-bond donors (Lipinski definition) is 0. The summed E-state index contributed by atoms with van der Waals surface area (Å²) in [6.07, 6.45) is 0. The molecular formula is C96H66N6. The molecule has 0 radical (unpaired) electrons. The second-order valence-corrected chi connectivity index (χ2v) is 25.0. The van der Waals surface area contributed by atoms with E-state index in [0.29, 0.717) is 34.9 Å². The van der Waals surface area contributed by atoms with Gasteiger partial charge in [0, 0.05) is 33.4 Å². The van der Waals surface area contributed by atoms with E-state index in [1.54, 1.807) is 0 Å². The molecule has 0 aliphatic carbocycles. The Morgan fingerprint density at radius 2 is 0.157 bits per heavy atom. The molecule has 102 heavy (non-hydrogen) atoms. The molecular weight excluding hydrogens is 1240 g/mol. The van der Waals surface area contributed by atoms with Crippen molar-refractivity contribution in [2.24, 2.45) is 0 Å². The van der Waals surface area contributed by atoms with E-state index in [-0.39, 0.29) is 0 Å². The van der Waals surface area contributed by atoms with E-state index in [0.717, 1.165) is 83.5 Å². The molecule has 0 atom stereocenters. The lowest BCUT2D eigenvalue weighted by Gasteiger charge is -2.11. The Kier molecular flexibility index (Phi) is 18.3. The SMILES string of the molecule is c1ccc(-c2ccc(-c3ccc(-c4nc(-c5ccc(-c6ccc(-c7ccccc7)cc6)cc5)nc(-c5ccc(-c6ccc(-c7ccccc7)cc6)cc5)n4)cc3)cc2)cc1.c1ccc(-c2ccc(-c3nc(-c4ccc(-c5ccccc5)cc4)nc(-c4ccc(-c5ccccc5)cc4)n3)cc2)cc1. The Morgan fingerprint density at radius 3 is 0.255 bits per heavy atom. The van der Waals surface area contributed by atoms with Gasteiger partial charge in [0.15, 0.2) is 34.9 Å². The van der Waals surface area contributed by atoms with Gasteiger partial charge in [0.05, 0.1) is 0 Å². The van der Waals surface area contributed by atoms with E-state index in [9.17, 15) is 0 Å². The summed E-state index contributed by atoms with van der Waals surface area (Å²) in [5.74, 6) is 3.82. The smallest absolute Gasteiger partial charge is 0.164 e. The third-order valence-electron chi connectivity index (χ3n) is 18.4. The second-order valence-electron chi connectivity index (χ2n) is 25.0. The van der Waals surface area contributed by atoms with Crippen LogP contribution in [0, 0.1) is 0 Å². The van der Waals surface area contributed by atoms with Gasteiger partial charge < -0.3 is 0 Å². The van der Waals surface area contributed by atoms with E-state index < -0.39 is 0 Å². The van der Waals surface area contributed by atoms with Crippen molar-refractivity contribution >= 4 is 0 Å². The summed E-state index contributed by atoms with van der Waals surface area (Å²) in [5, 5.41) is 0. The van der Waals surface area contributed by atoms with Crippen LogP contribution in [0.5, 0.6) is 0 Å². The van der Waals surface area contributed by atoms with Gasteiger partial charge in [0.2, 0.25) is 0 Å². The van der Waals surface area contributed by atoms with Gasteiger partial charge in [0.1, 0.15) is 0 Å². The topological polar surface area (TPSA) is 77.3 Å². The first-order valence-electron chi connectivity index (χ1n) is 34.3. The maximum absolute atomic E-state index is 5.07. The van der Waals surface area contributed by atoms with Crippen molar-refractivity contribution in [2.45, 2.75) is 0 Å². The molecule has 17 rings (SSSR count). The summed E-state index contributed by atoms with van der Waals surface area (Å²) in [7, 11) is 0. The Morgan fingerprint density at radius 1 is 0.0784 bits per heavy atom. The van der Waals surface area contributed by atoms with Crippen molar-refractivity contribution in [1.82, 2.24) is 29.9 Å². The minimum atomic E-state index is 0.627. The first-order valence-corrected chi connectivity index (χ1v) is 34.3. The molecule has 0 bridgehead atoms. The van der Waals surface area contributed by atoms with Gasteiger partial charge in [-0.15, -0.1) is 0 Å². The van der Waals surface area contributed by atoms with Crippen LogP contribution in [0.4, 0.5) is 0 Å². The summed E-state index contributed by atoms with van der Waals surface area (Å²) in [4.78, 5) is 30.1. The van der Waals surface area contributed by atoms with Gasteiger partial charge in [-0.2, -0.15) is 0 Å². The number of nitrogens with zero attached hydrogens (tertiary/aromatic N) is 6. The van der Waals surface area contributed by atoms with Gasteiger partial charge >= 0.3 is 0 Å². The maximum Gasteiger partial charge on any atom is 0.164 e. The Hall–Kier alpha value is -13.7. The van der Waals surface area contributed by atoms with Crippen LogP contribution in [-0.2, 0) is 0 Å². The van der Waals surface area contributed by atoms with E-state index in [1.807, 2.05) is 36.4 Å². The summed E-state index contributed by atoms with van der Waals surface area (Å²) in [6.45, 7) is 0. The molecule has 0 saturated carbocycles. The molecule has 17 aromatic rings. The number of hydrogen-bond acceptors (Lipinski definition) is 6. The molecule has 6 heteroatoms. The van der Waals surface area contributed by atoms with Crippen LogP contribution in [0.25, 0.3) is 168 Å². The van der Waals surface area contributed by atoms with Crippen LogP contribution in [0.15, 0.2) is 400 Å². The zero-order valence-corrected chi connectivity index (χ0v) is 55.8. The van der Waals surface area contributed by atoms with Crippen LogP contribution in [0.2, 0.25) is 0 Å². The summed E-state index contributed by atoms with van der Waals surface area (Å²) >= 11 is 0. The summed E-state index contributed by atoms with van der Waals surface area (Å²) in [5.41, 5.74) is 26.7. The van der Waals surface area contributed by atoms with Crippen molar-refractivity contribution < 1.29 is 0 Å². The molecule has 0 spiro atoms. The summed E-state index contributed by atoms with van der Waals surface area (Å²) < 4.78 is 0. The van der Waals surface area contributed by atoms with Gasteiger partial charge in [-0.1, -0.05) is 400 Å². The van der Waals surface area contributed by atoms with Crippen LogP contribution in [-0.4, -0.2) is 29.9 Å². The van der Waals surface area contributed by atoms with Gasteiger partial charge in [0.25, 0.3) is 0 Å². The van der Waals surface area contributed by atoms with Crippen molar-refractivity contribution in [3.8, 4) is 168 Å². The third kappa shape index (κ3) is 14.5. The third-order valence-corrected chi connectivity index (χ3v) is 18.4. The van der Waals surface area contributed by atoms with Gasteiger partial charge in [-0.25, -0.2) is 29.9 Å². The standard InChI is InChI=1S/C57H39N3.C39H27N3/c1-4-10-40(11-5-1)43-16-22-46(23-17-43)49-28-34-52(35-29-49)55-58-56(53-36-30-50(31-37-53)47-24-18-44(19-25-47)41-12-6-2-7-13-41)60-57(59-55)54-38-32-51(33-39-54)48-26-20-45(21-27-48)42-14-8-3-9-15-42;1-4-10-28(11-5-1)31-16-22-34(23-17-31)37-40-38(35-24-18-32(19-25-35)29-12-6-2-7-13-29)42-39(41-37)36-26-20-33(21-27-36)30-14-8-3-9-15-30/h1-39H;1-27H. The van der Waals surface area contributed by atoms with Crippen LogP contribution in [0.3, 0.4) is 0 Å². The van der Waals surface area contributed by atoms with Crippen LogP contribution in [0.1, 0.15) is 0 Å². The first-order chi connectivity index (χ1) is 50.5. The molecule has 2 aromatic heterocycles. The predicted molar refractivity (Wildman–Crippen MR) is 421 cm³/mol. The molecule has 480 valence electrons. The van der Waals surface area contributed by atoms with Crippen molar-refractivity contribution in [3.63, 3.8) is 0 Å². The number of aromatic nitrogens is 6. The second kappa shape index (κ2) is 29.6. The van der Waals surface area contributed by atoms with Crippen LogP contribution >= 0.6 is 0 Å². The van der Waals surface area contributed by atoms with Crippen molar-refractivity contribution in [3.05, 3.63) is 400 Å². The molecule has 0 N–H and O–H groups in total. The van der Waals surface area contributed by atoms with E-state index in [4.69, 9.17) is 29.9 Å². The molecule has 0 aliphatic rings. The first kappa shape index (κ1) is 63.1. The molecule has 6 nitrogen and oxygen atoms in total. The zero-order valence-electron chi connectivity index (χ0n) is 55.8. The highest BCUT2D eigenvalue weighted by molar-refractivity contribution is 5.79. The van der Waals surface area contributed by atoms with Crippen molar-refractivity contribution in [1.29, 1.82) is 0 Å². The highest BCUT2D eigenvalue weighted by atomic mass is 15.0. The highest BCUT2D eigenvalue weighted by Crippen LogP contribution is 2.35. The lowest BCUT2D eigenvalue weighted by Crippen LogP contribution is -2.00. The Balaban J connectivity index is 0.000000168. The van der Waals surface area contributed by atoms with E-state index in [1.165, 1.54) is 50.1 Å². The largest absolute Gasteiger partial charge is 0.208 e. The zero-order chi connectivity index (χ0) is 68.2. The molecule has 0 unspecified atom stereocenters. The fourth-order valence-electron chi connectivity index (χ4n) is 12.7. The average molecular weight is 1300 g/mol. The molecule has 0 fully saturated rings. The lowest BCUT2D eigenvalue weighted by atomic mass is 9.99. The average Bonchev–Trinajstić information content (AvgIpc) is 0.816. The van der Waals surface area contributed by atoms with E-state index in [2.05, 4.69) is 364 Å². The molecule has 2 heterocycles. The van der Waals surface area contributed by atoms with Crippen LogP contribution < -0.4 is 0 Å². The van der Waals surface area contributed by atoms with Crippen molar-refractivity contribution in [2.75, 3.05) is 0 Å². The predicted octanol–water partition coefficient (Wildman–Crippen LogP) is 24.7. The Labute approximate surface area is 595 Å². The molecule has 0 aliphatic heterocycles. The normalized spacial score (nSPS) is 10.9. The lowest BCUT2D eigenvalue weighted by molar-refractivity contribution is 1.07.